The number of rotatable bonds is 6. The number of unbranched alkanes of at least 4 members (excludes halogenated alkanes) is 1. The first-order valence-corrected chi connectivity index (χ1v) is 9.47. The van der Waals surface area contributed by atoms with Crippen molar-refractivity contribution in [3.8, 4) is 17.1 Å². The van der Waals surface area contributed by atoms with Crippen molar-refractivity contribution >= 4 is 27.7 Å². The molecular formula is C18H18BrN3S. The van der Waals surface area contributed by atoms with Gasteiger partial charge in [0.25, 0.3) is 0 Å². The average molecular weight is 388 g/mol. The molecule has 23 heavy (non-hydrogen) atoms. The highest BCUT2D eigenvalue weighted by atomic mass is 79.9. The molecule has 0 fully saturated rings. The molecule has 0 radical (unpaired) electrons. The van der Waals surface area contributed by atoms with Crippen LogP contribution in [0.25, 0.3) is 17.1 Å². The lowest BCUT2D eigenvalue weighted by Gasteiger charge is -2.10. The summed E-state index contributed by atoms with van der Waals surface area (Å²) in [5, 5.41) is 9.82. The predicted octanol–water partition coefficient (Wildman–Crippen LogP) is 5.59. The van der Waals surface area contributed by atoms with Gasteiger partial charge in [-0.15, -0.1) is 10.2 Å². The van der Waals surface area contributed by atoms with Crippen LogP contribution in [0.4, 0.5) is 0 Å². The summed E-state index contributed by atoms with van der Waals surface area (Å²) in [7, 11) is 0. The van der Waals surface area contributed by atoms with Crippen LogP contribution in [0.3, 0.4) is 0 Å². The van der Waals surface area contributed by atoms with Crippen LogP contribution >= 0.6 is 27.7 Å². The Kier molecular flexibility index (Phi) is 5.51. The molecule has 3 aromatic rings. The summed E-state index contributed by atoms with van der Waals surface area (Å²) in [6.07, 6.45) is 2.37. The molecule has 0 atom stereocenters. The van der Waals surface area contributed by atoms with Crippen molar-refractivity contribution in [3.63, 3.8) is 0 Å². The summed E-state index contributed by atoms with van der Waals surface area (Å²) in [5.74, 6) is 1.93. The van der Waals surface area contributed by atoms with Crippen LogP contribution in [0.1, 0.15) is 19.8 Å². The second-order valence-corrected chi connectivity index (χ2v) is 7.16. The summed E-state index contributed by atoms with van der Waals surface area (Å²) in [4.78, 5) is 0. The van der Waals surface area contributed by atoms with Gasteiger partial charge in [-0.25, -0.2) is 0 Å². The Morgan fingerprint density at radius 3 is 2.43 bits per heavy atom. The van der Waals surface area contributed by atoms with Gasteiger partial charge in [-0.05, 0) is 30.7 Å². The Bertz CT molecular complexity index is 754. The molecule has 0 spiro atoms. The summed E-state index contributed by atoms with van der Waals surface area (Å²) >= 11 is 5.25. The van der Waals surface area contributed by atoms with Crippen molar-refractivity contribution in [1.29, 1.82) is 0 Å². The molecule has 3 nitrogen and oxygen atoms in total. The molecule has 0 saturated heterocycles. The van der Waals surface area contributed by atoms with Gasteiger partial charge in [0.1, 0.15) is 0 Å². The Labute approximate surface area is 149 Å². The SMILES string of the molecule is CCCCSc1nnc(-c2ccc(Br)cc2)n1-c1ccccc1. The maximum absolute atomic E-state index is 4.45. The summed E-state index contributed by atoms with van der Waals surface area (Å²) < 4.78 is 3.20. The normalized spacial score (nSPS) is 10.9. The number of hydrogen-bond acceptors (Lipinski definition) is 3. The molecular weight excluding hydrogens is 370 g/mol. The van der Waals surface area contributed by atoms with Gasteiger partial charge in [0, 0.05) is 21.5 Å². The van der Waals surface area contributed by atoms with Gasteiger partial charge < -0.3 is 0 Å². The van der Waals surface area contributed by atoms with Gasteiger partial charge in [-0.3, -0.25) is 4.57 Å². The van der Waals surface area contributed by atoms with E-state index in [0.717, 1.165) is 32.5 Å². The molecule has 0 amide bonds. The zero-order valence-corrected chi connectivity index (χ0v) is 15.3. The topological polar surface area (TPSA) is 30.7 Å². The molecule has 0 aliphatic rings. The molecule has 5 heteroatoms. The van der Waals surface area contributed by atoms with Gasteiger partial charge in [0.2, 0.25) is 0 Å². The van der Waals surface area contributed by atoms with Gasteiger partial charge in [0.15, 0.2) is 11.0 Å². The Hall–Kier alpha value is -1.59. The fraction of sp³-hybridized carbons (Fsp3) is 0.222. The van der Waals surface area contributed by atoms with Crippen molar-refractivity contribution in [3.05, 3.63) is 59.1 Å². The second kappa shape index (κ2) is 7.79. The number of hydrogen-bond donors (Lipinski definition) is 0. The van der Waals surface area contributed by atoms with E-state index in [1.165, 1.54) is 12.8 Å². The smallest absolute Gasteiger partial charge is 0.196 e. The highest BCUT2D eigenvalue weighted by molar-refractivity contribution is 9.10. The molecule has 1 heterocycles. The third-order valence-electron chi connectivity index (χ3n) is 3.48. The summed E-state index contributed by atoms with van der Waals surface area (Å²) in [6, 6.07) is 18.5. The van der Waals surface area contributed by atoms with Crippen LogP contribution in [0.5, 0.6) is 0 Å². The number of benzene rings is 2. The predicted molar refractivity (Wildman–Crippen MR) is 100 cm³/mol. The lowest BCUT2D eigenvalue weighted by Crippen LogP contribution is -1.99. The molecule has 0 unspecified atom stereocenters. The number of nitrogens with zero attached hydrogens (tertiary/aromatic N) is 3. The van der Waals surface area contributed by atoms with E-state index in [-0.39, 0.29) is 0 Å². The number of halogens is 1. The van der Waals surface area contributed by atoms with Crippen molar-refractivity contribution in [2.45, 2.75) is 24.9 Å². The van der Waals surface area contributed by atoms with Crippen LogP contribution < -0.4 is 0 Å². The van der Waals surface area contributed by atoms with E-state index in [9.17, 15) is 0 Å². The fourth-order valence-electron chi connectivity index (χ4n) is 2.27. The average Bonchev–Trinajstić information content (AvgIpc) is 3.00. The Balaban J connectivity index is 2.04. The van der Waals surface area contributed by atoms with Crippen LogP contribution in [0.15, 0.2) is 64.2 Å². The summed E-state index contributed by atoms with van der Waals surface area (Å²) in [6.45, 7) is 2.20. The van der Waals surface area contributed by atoms with E-state index in [4.69, 9.17) is 0 Å². The van der Waals surface area contributed by atoms with Crippen molar-refractivity contribution in [2.75, 3.05) is 5.75 Å². The lowest BCUT2D eigenvalue weighted by atomic mass is 10.2. The van der Waals surface area contributed by atoms with Gasteiger partial charge in [-0.1, -0.05) is 71.4 Å². The first-order chi connectivity index (χ1) is 11.3. The first kappa shape index (κ1) is 16.3. The van der Waals surface area contributed by atoms with Crippen LogP contribution in [0.2, 0.25) is 0 Å². The monoisotopic (exact) mass is 387 g/mol. The minimum atomic E-state index is 0.877. The zero-order valence-electron chi connectivity index (χ0n) is 12.9. The largest absolute Gasteiger partial charge is 0.270 e. The van der Waals surface area contributed by atoms with E-state index in [1.807, 2.05) is 30.3 Å². The number of thioether (sulfide) groups is 1. The molecule has 2 aromatic carbocycles. The lowest BCUT2D eigenvalue weighted by molar-refractivity contribution is 0.865. The zero-order chi connectivity index (χ0) is 16.1. The van der Waals surface area contributed by atoms with E-state index in [0.29, 0.717) is 0 Å². The van der Waals surface area contributed by atoms with Crippen molar-refractivity contribution < 1.29 is 0 Å². The van der Waals surface area contributed by atoms with Gasteiger partial charge >= 0.3 is 0 Å². The Morgan fingerprint density at radius 1 is 1.00 bits per heavy atom. The van der Waals surface area contributed by atoms with Crippen LogP contribution in [0, 0.1) is 0 Å². The maximum atomic E-state index is 4.45. The Morgan fingerprint density at radius 2 is 1.74 bits per heavy atom. The minimum absolute atomic E-state index is 0.877. The molecule has 1 aromatic heterocycles. The number of aromatic nitrogens is 3. The molecule has 0 N–H and O–H groups in total. The van der Waals surface area contributed by atoms with E-state index in [2.05, 4.69) is 61.9 Å². The standard InChI is InChI=1S/C18H18BrN3S/c1-2-3-13-23-18-21-20-17(14-9-11-15(19)12-10-14)22(18)16-7-5-4-6-8-16/h4-12H,2-3,13H2,1H3. The van der Waals surface area contributed by atoms with Crippen molar-refractivity contribution in [2.24, 2.45) is 0 Å². The van der Waals surface area contributed by atoms with E-state index >= 15 is 0 Å². The van der Waals surface area contributed by atoms with Gasteiger partial charge in [-0.2, -0.15) is 0 Å². The molecule has 3 rings (SSSR count). The molecule has 0 aliphatic carbocycles. The first-order valence-electron chi connectivity index (χ1n) is 7.69. The molecule has 0 aliphatic heterocycles. The highest BCUT2D eigenvalue weighted by Gasteiger charge is 2.15. The maximum Gasteiger partial charge on any atom is 0.196 e. The third kappa shape index (κ3) is 3.85. The molecule has 118 valence electrons. The second-order valence-electron chi connectivity index (χ2n) is 5.19. The fourth-order valence-corrected chi connectivity index (χ4v) is 3.57. The highest BCUT2D eigenvalue weighted by Crippen LogP contribution is 2.29. The molecule has 0 bridgehead atoms. The van der Waals surface area contributed by atoms with Crippen LogP contribution in [-0.2, 0) is 0 Å². The van der Waals surface area contributed by atoms with Gasteiger partial charge in [0.05, 0.1) is 0 Å². The summed E-state index contributed by atoms with van der Waals surface area (Å²) in [5.41, 5.74) is 2.15. The van der Waals surface area contributed by atoms with Crippen LogP contribution in [-0.4, -0.2) is 20.5 Å². The van der Waals surface area contributed by atoms with Crippen molar-refractivity contribution in [1.82, 2.24) is 14.8 Å². The van der Waals surface area contributed by atoms with E-state index in [1.54, 1.807) is 11.8 Å². The quantitative estimate of drug-likeness (QED) is 0.407. The molecule has 0 saturated carbocycles. The third-order valence-corrected chi connectivity index (χ3v) is 5.02. The number of para-hydroxylation sites is 1. The minimum Gasteiger partial charge on any atom is -0.270 e. The van der Waals surface area contributed by atoms with E-state index < -0.39 is 0 Å².